The molecule has 3 rings (SSSR count). The SMILES string of the molecule is Cc1ccc(C)c(-n2nnnc2SCC(=O)c2ccc(C(C)C)cc2)c1. The Hall–Kier alpha value is -2.47. The molecule has 0 aliphatic heterocycles. The Kier molecular flexibility index (Phi) is 5.52. The van der Waals surface area contributed by atoms with Crippen LogP contribution in [-0.4, -0.2) is 31.7 Å². The van der Waals surface area contributed by atoms with E-state index in [4.69, 9.17) is 0 Å². The zero-order valence-electron chi connectivity index (χ0n) is 15.4. The van der Waals surface area contributed by atoms with Crippen LogP contribution in [0.15, 0.2) is 47.6 Å². The lowest BCUT2D eigenvalue weighted by atomic mass is 10.0. The number of aromatic nitrogens is 4. The van der Waals surface area contributed by atoms with Gasteiger partial charge in [-0.05, 0) is 52.9 Å². The minimum absolute atomic E-state index is 0.0702. The number of nitrogens with zero attached hydrogens (tertiary/aromatic N) is 4. The molecule has 0 atom stereocenters. The highest BCUT2D eigenvalue weighted by molar-refractivity contribution is 7.99. The van der Waals surface area contributed by atoms with E-state index in [1.807, 2.05) is 50.2 Å². The average molecular weight is 366 g/mol. The fourth-order valence-electron chi connectivity index (χ4n) is 2.64. The molecule has 134 valence electrons. The van der Waals surface area contributed by atoms with Gasteiger partial charge in [-0.15, -0.1) is 5.10 Å². The van der Waals surface area contributed by atoms with E-state index < -0.39 is 0 Å². The van der Waals surface area contributed by atoms with Crippen molar-refractivity contribution in [3.05, 3.63) is 64.7 Å². The molecule has 0 spiro atoms. The molecule has 0 bridgehead atoms. The van der Waals surface area contributed by atoms with E-state index in [1.54, 1.807) is 4.68 Å². The third kappa shape index (κ3) is 4.02. The number of aryl methyl sites for hydroxylation is 2. The van der Waals surface area contributed by atoms with Crippen molar-refractivity contribution in [3.63, 3.8) is 0 Å². The number of tetrazole rings is 1. The van der Waals surface area contributed by atoms with Gasteiger partial charge in [0.25, 0.3) is 0 Å². The zero-order valence-corrected chi connectivity index (χ0v) is 16.2. The maximum atomic E-state index is 12.5. The van der Waals surface area contributed by atoms with Gasteiger partial charge in [0.1, 0.15) is 0 Å². The summed E-state index contributed by atoms with van der Waals surface area (Å²) >= 11 is 1.35. The maximum Gasteiger partial charge on any atom is 0.214 e. The summed E-state index contributed by atoms with van der Waals surface area (Å²) in [5.41, 5.74) is 5.10. The molecule has 0 aliphatic carbocycles. The molecule has 0 aliphatic rings. The maximum absolute atomic E-state index is 12.5. The highest BCUT2D eigenvalue weighted by Crippen LogP contribution is 2.23. The number of Topliss-reactive ketones (excluding diaryl/α,β-unsaturated/α-hetero) is 1. The van der Waals surface area contributed by atoms with Crippen LogP contribution in [0.5, 0.6) is 0 Å². The Balaban J connectivity index is 1.74. The topological polar surface area (TPSA) is 60.7 Å². The zero-order chi connectivity index (χ0) is 18.7. The summed E-state index contributed by atoms with van der Waals surface area (Å²) in [6.45, 7) is 8.33. The second-order valence-corrected chi connectivity index (χ2v) is 7.59. The summed E-state index contributed by atoms with van der Waals surface area (Å²) in [6, 6.07) is 14.0. The summed E-state index contributed by atoms with van der Waals surface area (Å²) in [6.07, 6.45) is 0. The molecule has 26 heavy (non-hydrogen) atoms. The van der Waals surface area contributed by atoms with Crippen LogP contribution in [-0.2, 0) is 0 Å². The predicted octanol–water partition coefficient (Wildman–Crippen LogP) is 4.38. The first-order valence-electron chi connectivity index (χ1n) is 8.57. The number of carbonyl (C=O) groups is 1. The van der Waals surface area contributed by atoms with Crippen molar-refractivity contribution in [1.29, 1.82) is 0 Å². The lowest BCUT2D eigenvalue weighted by Gasteiger charge is -2.09. The third-order valence-electron chi connectivity index (χ3n) is 4.27. The van der Waals surface area contributed by atoms with Gasteiger partial charge in [0.15, 0.2) is 5.78 Å². The lowest BCUT2D eigenvalue weighted by Crippen LogP contribution is -2.06. The monoisotopic (exact) mass is 366 g/mol. The smallest absolute Gasteiger partial charge is 0.214 e. The molecule has 0 saturated heterocycles. The summed E-state index contributed by atoms with van der Waals surface area (Å²) in [5, 5.41) is 12.6. The third-order valence-corrected chi connectivity index (χ3v) is 5.18. The number of carbonyl (C=O) groups excluding carboxylic acids is 1. The summed E-state index contributed by atoms with van der Waals surface area (Å²) < 4.78 is 1.70. The largest absolute Gasteiger partial charge is 0.293 e. The highest BCUT2D eigenvalue weighted by atomic mass is 32.2. The number of benzene rings is 2. The highest BCUT2D eigenvalue weighted by Gasteiger charge is 2.14. The van der Waals surface area contributed by atoms with Gasteiger partial charge < -0.3 is 0 Å². The normalized spacial score (nSPS) is 11.1. The molecule has 5 nitrogen and oxygen atoms in total. The van der Waals surface area contributed by atoms with Gasteiger partial charge in [0.05, 0.1) is 11.4 Å². The number of rotatable bonds is 6. The molecule has 0 saturated carbocycles. The molecule has 1 aromatic heterocycles. The first kappa shape index (κ1) is 18.3. The standard InChI is InChI=1S/C20H22N4OS/c1-13(2)16-7-9-17(10-8-16)19(25)12-26-20-21-22-23-24(20)18-11-14(3)5-6-15(18)4/h5-11,13H,12H2,1-4H3. The Morgan fingerprint density at radius 1 is 1.12 bits per heavy atom. The van der Waals surface area contributed by atoms with Crippen molar-refractivity contribution in [3.8, 4) is 5.69 Å². The predicted molar refractivity (Wildman–Crippen MR) is 104 cm³/mol. The van der Waals surface area contributed by atoms with Crippen LogP contribution in [0, 0.1) is 13.8 Å². The van der Waals surface area contributed by atoms with Gasteiger partial charge in [-0.25, -0.2) is 0 Å². The van der Waals surface area contributed by atoms with E-state index in [2.05, 4.69) is 35.4 Å². The molecule has 0 unspecified atom stereocenters. The fraction of sp³-hybridized carbons (Fsp3) is 0.300. The number of hydrogen-bond donors (Lipinski definition) is 0. The number of thioether (sulfide) groups is 1. The molecule has 0 amide bonds. The Labute approximate surface area is 157 Å². The van der Waals surface area contributed by atoms with Crippen LogP contribution < -0.4 is 0 Å². The first-order chi connectivity index (χ1) is 12.5. The van der Waals surface area contributed by atoms with Crippen molar-refractivity contribution < 1.29 is 4.79 Å². The molecule has 0 fully saturated rings. The van der Waals surface area contributed by atoms with Crippen LogP contribution in [0.25, 0.3) is 5.69 Å². The Morgan fingerprint density at radius 2 is 1.85 bits per heavy atom. The number of hydrogen-bond acceptors (Lipinski definition) is 5. The Morgan fingerprint density at radius 3 is 2.54 bits per heavy atom. The summed E-state index contributed by atoms with van der Waals surface area (Å²) in [5.74, 6) is 0.822. The minimum Gasteiger partial charge on any atom is -0.293 e. The minimum atomic E-state index is 0.0702. The van der Waals surface area contributed by atoms with Gasteiger partial charge >= 0.3 is 0 Å². The van der Waals surface area contributed by atoms with Gasteiger partial charge in [0.2, 0.25) is 5.16 Å². The van der Waals surface area contributed by atoms with Crippen molar-refractivity contribution in [2.75, 3.05) is 5.75 Å². The van der Waals surface area contributed by atoms with Crippen molar-refractivity contribution in [1.82, 2.24) is 20.2 Å². The average Bonchev–Trinajstić information content (AvgIpc) is 3.10. The van der Waals surface area contributed by atoms with Crippen molar-refractivity contribution in [2.24, 2.45) is 0 Å². The molecule has 2 aromatic carbocycles. The van der Waals surface area contributed by atoms with Crippen LogP contribution in [0.1, 0.15) is 46.8 Å². The van der Waals surface area contributed by atoms with E-state index in [0.29, 0.717) is 22.4 Å². The van der Waals surface area contributed by atoms with Gasteiger partial charge in [-0.1, -0.05) is 62.0 Å². The van der Waals surface area contributed by atoms with Gasteiger partial charge in [-0.3, -0.25) is 4.79 Å². The number of ketones is 1. The quantitative estimate of drug-likeness (QED) is 0.479. The van der Waals surface area contributed by atoms with E-state index in [9.17, 15) is 4.79 Å². The molecule has 0 radical (unpaired) electrons. The molecular formula is C20H22N4OS. The van der Waals surface area contributed by atoms with Gasteiger partial charge in [0, 0.05) is 5.56 Å². The molecule has 1 heterocycles. The van der Waals surface area contributed by atoms with Crippen LogP contribution in [0.2, 0.25) is 0 Å². The van der Waals surface area contributed by atoms with Crippen LogP contribution >= 0.6 is 11.8 Å². The summed E-state index contributed by atoms with van der Waals surface area (Å²) in [4.78, 5) is 12.5. The lowest BCUT2D eigenvalue weighted by molar-refractivity contribution is 0.102. The van der Waals surface area contributed by atoms with E-state index in [0.717, 1.165) is 16.8 Å². The van der Waals surface area contributed by atoms with E-state index in [-0.39, 0.29) is 5.78 Å². The fourth-order valence-corrected chi connectivity index (χ4v) is 3.41. The van der Waals surface area contributed by atoms with E-state index >= 15 is 0 Å². The molecule has 3 aromatic rings. The second kappa shape index (κ2) is 7.83. The summed E-state index contributed by atoms with van der Waals surface area (Å²) in [7, 11) is 0. The Bertz CT molecular complexity index is 916. The van der Waals surface area contributed by atoms with Crippen molar-refractivity contribution >= 4 is 17.5 Å². The van der Waals surface area contributed by atoms with E-state index in [1.165, 1.54) is 17.3 Å². The second-order valence-electron chi connectivity index (χ2n) is 6.65. The van der Waals surface area contributed by atoms with Crippen LogP contribution in [0.4, 0.5) is 0 Å². The van der Waals surface area contributed by atoms with Crippen molar-refractivity contribution in [2.45, 2.75) is 38.8 Å². The molecular weight excluding hydrogens is 344 g/mol. The van der Waals surface area contributed by atoms with Crippen LogP contribution in [0.3, 0.4) is 0 Å². The van der Waals surface area contributed by atoms with Gasteiger partial charge in [-0.2, -0.15) is 4.68 Å². The first-order valence-corrected chi connectivity index (χ1v) is 9.56. The molecule has 6 heteroatoms. The molecule has 0 N–H and O–H groups in total.